The van der Waals surface area contributed by atoms with Crippen LogP contribution in [0, 0.1) is 0 Å². The molecule has 0 aliphatic heterocycles. The average Bonchev–Trinajstić information content (AvgIpc) is 2.75. The third kappa shape index (κ3) is 2.83. The molecule has 0 aliphatic rings. The second kappa shape index (κ2) is 5.28. The summed E-state index contributed by atoms with van der Waals surface area (Å²) in [5.74, 6) is -0.697. The van der Waals surface area contributed by atoms with Crippen LogP contribution in [-0.4, -0.2) is 22.4 Å². The number of nitrogens with two attached hydrogens (primary N) is 1. The third-order valence-corrected chi connectivity index (χ3v) is 2.19. The highest BCUT2D eigenvalue weighted by molar-refractivity contribution is 6.30. The maximum atomic E-state index is 11.5. The average molecular weight is 266 g/mol. The molecule has 1 aromatic heterocycles. The van der Waals surface area contributed by atoms with E-state index < -0.39 is 5.91 Å². The number of anilines is 1. The number of benzene rings is 1. The van der Waals surface area contributed by atoms with Crippen LogP contribution in [0.15, 0.2) is 34.0 Å². The number of amides is 1. The Morgan fingerprint density at radius 3 is 3.00 bits per heavy atom. The van der Waals surface area contributed by atoms with Crippen LogP contribution in [-0.2, 0) is 0 Å². The first-order valence-electron chi connectivity index (χ1n) is 4.84. The number of hydrogen-bond acceptors (Lipinski definition) is 6. The van der Waals surface area contributed by atoms with Crippen molar-refractivity contribution in [2.24, 2.45) is 5.10 Å². The predicted octanol–water partition coefficient (Wildman–Crippen LogP) is 1.07. The molecule has 0 spiro atoms. The van der Waals surface area contributed by atoms with Crippen LogP contribution in [0.3, 0.4) is 0 Å². The number of nitrogen functional groups attached to an aromatic ring is 1. The zero-order valence-electron chi connectivity index (χ0n) is 9.00. The van der Waals surface area contributed by atoms with Crippen molar-refractivity contribution in [2.75, 3.05) is 5.73 Å². The molecule has 0 saturated carbocycles. The van der Waals surface area contributed by atoms with Crippen LogP contribution in [0.25, 0.3) is 0 Å². The Morgan fingerprint density at radius 2 is 2.33 bits per heavy atom. The highest BCUT2D eigenvalue weighted by Crippen LogP contribution is 2.08. The molecule has 1 aromatic carbocycles. The summed E-state index contributed by atoms with van der Waals surface area (Å²) in [5, 5.41) is 10.9. The quantitative estimate of drug-likeness (QED) is 0.638. The van der Waals surface area contributed by atoms with Crippen LogP contribution >= 0.6 is 11.6 Å². The Hall–Kier alpha value is -2.41. The van der Waals surface area contributed by atoms with Crippen molar-refractivity contribution < 1.29 is 9.42 Å². The van der Waals surface area contributed by atoms with E-state index in [1.807, 2.05) is 0 Å². The molecule has 1 amide bonds. The molecule has 18 heavy (non-hydrogen) atoms. The lowest BCUT2D eigenvalue weighted by Crippen LogP contribution is -2.19. The van der Waals surface area contributed by atoms with Crippen molar-refractivity contribution >= 4 is 29.5 Å². The van der Waals surface area contributed by atoms with E-state index in [9.17, 15) is 4.79 Å². The standard InChI is InChI=1S/C10H8ClN5O2/c11-7-3-1-2-6(4-7)5-13-14-10(17)8-9(12)16-18-15-8/h1-5H,(H2,12,16)(H,14,17)/b13-5-. The van der Waals surface area contributed by atoms with Gasteiger partial charge in [0.25, 0.3) is 5.91 Å². The number of nitrogens with one attached hydrogen (secondary N) is 1. The minimum absolute atomic E-state index is 0.0922. The normalized spacial score (nSPS) is 10.7. The summed E-state index contributed by atoms with van der Waals surface area (Å²) in [6.07, 6.45) is 1.44. The molecule has 0 radical (unpaired) electrons. The smallest absolute Gasteiger partial charge is 0.297 e. The highest BCUT2D eigenvalue weighted by atomic mass is 35.5. The number of carbonyl (C=O) groups excluding carboxylic acids is 1. The van der Waals surface area contributed by atoms with Crippen LogP contribution in [0.1, 0.15) is 16.1 Å². The molecule has 0 atom stereocenters. The highest BCUT2D eigenvalue weighted by Gasteiger charge is 2.14. The van der Waals surface area contributed by atoms with Gasteiger partial charge in [-0.25, -0.2) is 10.1 Å². The lowest BCUT2D eigenvalue weighted by atomic mass is 10.2. The van der Waals surface area contributed by atoms with Gasteiger partial charge in [0.15, 0.2) is 0 Å². The lowest BCUT2D eigenvalue weighted by Gasteiger charge is -1.96. The van der Waals surface area contributed by atoms with E-state index >= 15 is 0 Å². The molecule has 1 heterocycles. The fraction of sp³-hybridized carbons (Fsp3) is 0. The summed E-state index contributed by atoms with van der Waals surface area (Å²) in [6, 6.07) is 6.99. The molecule has 0 aliphatic carbocycles. The number of carbonyl (C=O) groups is 1. The van der Waals surface area contributed by atoms with E-state index in [4.69, 9.17) is 17.3 Å². The largest absolute Gasteiger partial charge is 0.379 e. The van der Waals surface area contributed by atoms with Crippen LogP contribution in [0.2, 0.25) is 5.02 Å². The Morgan fingerprint density at radius 1 is 1.50 bits per heavy atom. The van der Waals surface area contributed by atoms with Crippen molar-refractivity contribution in [3.8, 4) is 0 Å². The molecule has 92 valence electrons. The third-order valence-electron chi connectivity index (χ3n) is 1.96. The van der Waals surface area contributed by atoms with Gasteiger partial charge in [-0.2, -0.15) is 5.10 Å². The molecule has 0 saturated heterocycles. The number of rotatable bonds is 3. The van der Waals surface area contributed by atoms with Gasteiger partial charge >= 0.3 is 0 Å². The van der Waals surface area contributed by atoms with E-state index in [0.29, 0.717) is 5.02 Å². The maximum absolute atomic E-state index is 11.5. The van der Waals surface area contributed by atoms with Gasteiger partial charge in [-0.15, -0.1) is 0 Å². The Labute approximate surface area is 107 Å². The molecule has 8 heteroatoms. The SMILES string of the molecule is Nc1nonc1C(=O)N/N=C\c1cccc(Cl)c1. The summed E-state index contributed by atoms with van der Waals surface area (Å²) < 4.78 is 4.29. The van der Waals surface area contributed by atoms with Crippen molar-refractivity contribution in [3.63, 3.8) is 0 Å². The topological polar surface area (TPSA) is 106 Å². The summed E-state index contributed by atoms with van der Waals surface area (Å²) in [6.45, 7) is 0. The first-order chi connectivity index (χ1) is 8.66. The first-order valence-corrected chi connectivity index (χ1v) is 5.21. The van der Waals surface area contributed by atoms with Crippen molar-refractivity contribution in [2.45, 2.75) is 0 Å². The molecule has 2 rings (SSSR count). The van der Waals surface area contributed by atoms with Gasteiger partial charge in [0.2, 0.25) is 11.5 Å². The molecule has 0 fully saturated rings. The van der Waals surface area contributed by atoms with Gasteiger partial charge in [-0.05, 0) is 28.0 Å². The summed E-state index contributed by atoms with van der Waals surface area (Å²) in [7, 11) is 0. The van der Waals surface area contributed by atoms with E-state index in [1.165, 1.54) is 6.21 Å². The Kier molecular flexibility index (Phi) is 3.54. The summed E-state index contributed by atoms with van der Waals surface area (Å²) in [5.41, 5.74) is 8.22. The van der Waals surface area contributed by atoms with Crippen LogP contribution < -0.4 is 11.2 Å². The fourth-order valence-electron chi connectivity index (χ4n) is 1.16. The maximum Gasteiger partial charge on any atom is 0.297 e. The van der Waals surface area contributed by atoms with E-state index in [2.05, 4.69) is 25.5 Å². The zero-order valence-corrected chi connectivity index (χ0v) is 9.76. The second-order valence-corrected chi connectivity index (χ2v) is 3.69. The molecular formula is C10H8ClN5O2. The molecule has 2 aromatic rings. The van der Waals surface area contributed by atoms with Gasteiger partial charge in [0, 0.05) is 5.02 Å². The van der Waals surface area contributed by atoms with Crippen molar-refractivity contribution in [1.29, 1.82) is 0 Å². The lowest BCUT2D eigenvalue weighted by molar-refractivity contribution is 0.0946. The van der Waals surface area contributed by atoms with Crippen molar-refractivity contribution in [1.82, 2.24) is 15.7 Å². The van der Waals surface area contributed by atoms with E-state index in [1.54, 1.807) is 24.3 Å². The Bertz CT molecular complexity index is 595. The molecule has 0 unspecified atom stereocenters. The predicted molar refractivity (Wildman–Crippen MR) is 65.2 cm³/mol. The fourth-order valence-corrected chi connectivity index (χ4v) is 1.36. The number of hydrazone groups is 1. The molecular weight excluding hydrogens is 258 g/mol. The minimum atomic E-state index is -0.605. The van der Waals surface area contributed by atoms with Crippen molar-refractivity contribution in [3.05, 3.63) is 40.5 Å². The van der Waals surface area contributed by atoms with Crippen LogP contribution in [0.4, 0.5) is 5.82 Å². The van der Waals surface area contributed by atoms with Gasteiger partial charge in [0.05, 0.1) is 6.21 Å². The van der Waals surface area contributed by atoms with Gasteiger partial charge in [0.1, 0.15) is 0 Å². The monoisotopic (exact) mass is 265 g/mol. The number of halogens is 1. The summed E-state index contributed by atoms with van der Waals surface area (Å²) in [4.78, 5) is 11.5. The molecule has 0 bridgehead atoms. The van der Waals surface area contributed by atoms with Gasteiger partial charge < -0.3 is 5.73 Å². The van der Waals surface area contributed by atoms with E-state index in [0.717, 1.165) is 5.56 Å². The minimum Gasteiger partial charge on any atom is -0.379 e. The number of aromatic nitrogens is 2. The first kappa shape index (κ1) is 12.1. The number of nitrogens with zero attached hydrogens (tertiary/aromatic N) is 3. The summed E-state index contributed by atoms with van der Waals surface area (Å²) >= 11 is 5.79. The second-order valence-electron chi connectivity index (χ2n) is 3.25. The van der Waals surface area contributed by atoms with E-state index in [-0.39, 0.29) is 11.5 Å². The zero-order chi connectivity index (χ0) is 13.0. The van der Waals surface area contributed by atoms with Crippen LogP contribution in [0.5, 0.6) is 0 Å². The van der Waals surface area contributed by atoms with Gasteiger partial charge in [-0.1, -0.05) is 23.7 Å². The molecule has 7 nitrogen and oxygen atoms in total. The Balaban J connectivity index is 2.00. The molecule has 3 N–H and O–H groups in total. The van der Waals surface area contributed by atoms with Gasteiger partial charge in [-0.3, -0.25) is 4.79 Å². The number of hydrogen-bond donors (Lipinski definition) is 2.